The van der Waals surface area contributed by atoms with Gasteiger partial charge in [-0.2, -0.15) is 0 Å². The lowest BCUT2D eigenvalue weighted by molar-refractivity contribution is 0.212. The van der Waals surface area contributed by atoms with Crippen LogP contribution in [-0.2, 0) is 0 Å². The van der Waals surface area contributed by atoms with Gasteiger partial charge in [-0.25, -0.2) is 0 Å². The Morgan fingerprint density at radius 1 is 1.26 bits per heavy atom. The van der Waals surface area contributed by atoms with Gasteiger partial charge in [0.2, 0.25) is 0 Å². The van der Waals surface area contributed by atoms with E-state index in [9.17, 15) is 0 Å². The average molecular weight is 258 g/mol. The Morgan fingerprint density at radius 3 is 2.74 bits per heavy atom. The lowest BCUT2D eigenvalue weighted by Gasteiger charge is -2.18. The van der Waals surface area contributed by atoms with E-state index in [-0.39, 0.29) is 6.10 Å². The first-order valence-electron chi connectivity index (χ1n) is 6.72. The molecule has 4 heteroatoms. The van der Waals surface area contributed by atoms with Gasteiger partial charge in [0.1, 0.15) is 5.76 Å². The van der Waals surface area contributed by atoms with Crippen LogP contribution >= 0.6 is 0 Å². The molecule has 1 aliphatic carbocycles. The third-order valence-electron chi connectivity index (χ3n) is 3.67. The number of nitrogens with two attached hydrogens (primary N) is 1. The third-order valence-corrected chi connectivity index (χ3v) is 3.67. The monoisotopic (exact) mass is 258 g/mol. The van der Waals surface area contributed by atoms with Gasteiger partial charge in [0.15, 0.2) is 5.75 Å². The van der Waals surface area contributed by atoms with Crippen molar-refractivity contribution in [2.45, 2.75) is 38.7 Å². The molecule has 1 heterocycles. The molecule has 0 aliphatic heterocycles. The normalized spacial score (nSPS) is 15.8. The van der Waals surface area contributed by atoms with E-state index in [1.165, 1.54) is 12.8 Å². The summed E-state index contributed by atoms with van der Waals surface area (Å²) in [7, 11) is 0. The van der Waals surface area contributed by atoms with Crippen LogP contribution in [0.15, 0.2) is 28.9 Å². The molecular formula is C15H18N2O2. The highest BCUT2D eigenvalue weighted by Gasteiger charge is 2.21. The van der Waals surface area contributed by atoms with Crippen LogP contribution in [0.1, 0.15) is 31.4 Å². The average Bonchev–Trinajstić information content (AvgIpc) is 3.03. The van der Waals surface area contributed by atoms with Gasteiger partial charge >= 0.3 is 0 Å². The van der Waals surface area contributed by atoms with E-state index in [0.717, 1.165) is 35.5 Å². The molecule has 0 unspecified atom stereocenters. The number of nitrogen functional groups attached to an aromatic ring is 1. The van der Waals surface area contributed by atoms with Crippen LogP contribution in [0.4, 0.5) is 5.69 Å². The molecule has 2 N–H and O–H groups in total. The number of para-hydroxylation sites is 1. The summed E-state index contributed by atoms with van der Waals surface area (Å²) in [6, 6.07) is 5.80. The smallest absolute Gasteiger partial charge is 0.150 e. The zero-order chi connectivity index (χ0) is 13.2. The van der Waals surface area contributed by atoms with Crippen LogP contribution in [0.2, 0.25) is 0 Å². The maximum absolute atomic E-state index is 6.12. The largest absolute Gasteiger partial charge is 0.488 e. The molecule has 0 amide bonds. The van der Waals surface area contributed by atoms with Crippen molar-refractivity contribution in [3.05, 3.63) is 30.2 Å². The van der Waals surface area contributed by atoms with E-state index in [1.807, 2.05) is 25.1 Å². The fraction of sp³-hybridized carbons (Fsp3) is 0.400. The molecule has 1 saturated carbocycles. The zero-order valence-electron chi connectivity index (χ0n) is 11.1. The molecule has 1 aliphatic rings. The van der Waals surface area contributed by atoms with E-state index >= 15 is 0 Å². The van der Waals surface area contributed by atoms with Crippen molar-refractivity contribution < 1.29 is 9.26 Å². The maximum Gasteiger partial charge on any atom is 0.150 e. The van der Waals surface area contributed by atoms with Gasteiger partial charge in [-0.3, -0.25) is 0 Å². The molecule has 100 valence electrons. The van der Waals surface area contributed by atoms with Gasteiger partial charge in [0, 0.05) is 11.1 Å². The zero-order valence-corrected chi connectivity index (χ0v) is 11.1. The van der Waals surface area contributed by atoms with E-state index in [0.29, 0.717) is 5.69 Å². The number of rotatable bonds is 3. The van der Waals surface area contributed by atoms with Crippen LogP contribution in [0.25, 0.3) is 11.1 Å². The molecule has 1 fully saturated rings. The fourth-order valence-electron chi connectivity index (χ4n) is 2.63. The van der Waals surface area contributed by atoms with Gasteiger partial charge in [-0.1, -0.05) is 17.3 Å². The van der Waals surface area contributed by atoms with Crippen LogP contribution in [0.3, 0.4) is 0 Å². The Morgan fingerprint density at radius 2 is 2.05 bits per heavy atom. The fourth-order valence-corrected chi connectivity index (χ4v) is 2.63. The standard InChI is InChI=1S/C15H18N2O2/c1-10-13(9-17-19-10)12-7-4-8-14(16)15(12)18-11-5-2-3-6-11/h4,7-9,11H,2-3,5-6,16H2,1H3. The molecule has 4 nitrogen and oxygen atoms in total. The molecule has 0 radical (unpaired) electrons. The predicted octanol–water partition coefficient (Wildman–Crippen LogP) is 3.55. The second kappa shape index (κ2) is 4.96. The number of aromatic nitrogens is 1. The summed E-state index contributed by atoms with van der Waals surface area (Å²) in [6.07, 6.45) is 6.68. The summed E-state index contributed by atoms with van der Waals surface area (Å²) >= 11 is 0. The molecule has 0 atom stereocenters. The van der Waals surface area contributed by atoms with E-state index in [2.05, 4.69) is 5.16 Å². The summed E-state index contributed by atoms with van der Waals surface area (Å²) in [6.45, 7) is 1.89. The predicted molar refractivity (Wildman–Crippen MR) is 74.0 cm³/mol. The van der Waals surface area contributed by atoms with Crippen LogP contribution in [-0.4, -0.2) is 11.3 Å². The van der Waals surface area contributed by atoms with Gasteiger partial charge in [-0.15, -0.1) is 0 Å². The number of nitrogens with zero attached hydrogens (tertiary/aromatic N) is 1. The molecule has 1 aromatic carbocycles. The molecule has 0 bridgehead atoms. The first-order chi connectivity index (χ1) is 9.25. The summed E-state index contributed by atoms with van der Waals surface area (Å²) in [5.74, 6) is 1.54. The van der Waals surface area contributed by atoms with Crippen LogP contribution in [0.5, 0.6) is 5.75 Å². The molecular weight excluding hydrogens is 240 g/mol. The lowest BCUT2D eigenvalue weighted by Crippen LogP contribution is -2.12. The van der Waals surface area contributed by atoms with E-state index < -0.39 is 0 Å². The van der Waals surface area contributed by atoms with Crippen molar-refractivity contribution in [2.75, 3.05) is 5.73 Å². The molecule has 3 rings (SSSR count). The minimum atomic E-state index is 0.281. The number of anilines is 1. The van der Waals surface area contributed by atoms with Crippen LogP contribution < -0.4 is 10.5 Å². The Balaban J connectivity index is 1.99. The van der Waals surface area contributed by atoms with Crippen LogP contribution in [0, 0.1) is 6.92 Å². The summed E-state index contributed by atoms with van der Waals surface area (Å²) < 4.78 is 11.3. The highest BCUT2D eigenvalue weighted by molar-refractivity contribution is 5.77. The molecule has 19 heavy (non-hydrogen) atoms. The highest BCUT2D eigenvalue weighted by Crippen LogP contribution is 2.38. The molecule has 0 saturated heterocycles. The Bertz CT molecular complexity index is 571. The van der Waals surface area contributed by atoms with Crippen molar-refractivity contribution in [3.63, 3.8) is 0 Å². The van der Waals surface area contributed by atoms with Gasteiger partial charge in [-0.05, 0) is 38.7 Å². The highest BCUT2D eigenvalue weighted by atomic mass is 16.5. The van der Waals surface area contributed by atoms with Crippen molar-refractivity contribution in [3.8, 4) is 16.9 Å². The van der Waals surface area contributed by atoms with Crippen molar-refractivity contribution >= 4 is 5.69 Å². The Labute approximate surface area is 112 Å². The van der Waals surface area contributed by atoms with Crippen molar-refractivity contribution in [1.82, 2.24) is 5.16 Å². The molecule has 0 spiro atoms. The molecule has 1 aromatic heterocycles. The number of hydrogen-bond donors (Lipinski definition) is 1. The van der Waals surface area contributed by atoms with Gasteiger partial charge < -0.3 is 15.0 Å². The number of hydrogen-bond acceptors (Lipinski definition) is 4. The minimum absolute atomic E-state index is 0.281. The topological polar surface area (TPSA) is 61.3 Å². The van der Waals surface area contributed by atoms with Crippen molar-refractivity contribution in [1.29, 1.82) is 0 Å². The van der Waals surface area contributed by atoms with Gasteiger partial charge in [0.05, 0.1) is 18.0 Å². The quantitative estimate of drug-likeness (QED) is 0.855. The van der Waals surface area contributed by atoms with E-state index in [1.54, 1.807) is 6.20 Å². The Kier molecular flexibility index (Phi) is 3.15. The summed E-state index contributed by atoms with van der Waals surface area (Å²) in [4.78, 5) is 0. The Hall–Kier alpha value is -1.97. The van der Waals surface area contributed by atoms with Crippen molar-refractivity contribution in [2.24, 2.45) is 0 Å². The second-order valence-corrected chi connectivity index (χ2v) is 5.04. The number of benzene rings is 1. The first-order valence-corrected chi connectivity index (χ1v) is 6.72. The maximum atomic E-state index is 6.12. The SMILES string of the molecule is Cc1oncc1-c1cccc(N)c1OC1CCCC1. The second-order valence-electron chi connectivity index (χ2n) is 5.04. The number of aryl methyl sites for hydroxylation is 1. The lowest BCUT2D eigenvalue weighted by atomic mass is 10.0. The summed E-state index contributed by atoms with van der Waals surface area (Å²) in [5.41, 5.74) is 8.66. The first kappa shape index (κ1) is 12.1. The molecule has 2 aromatic rings. The van der Waals surface area contributed by atoms with Gasteiger partial charge in [0.25, 0.3) is 0 Å². The minimum Gasteiger partial charge on any atom is -0.488 e. The summed E-state index contributed by atoms with van der Waals surface area (Å²) in [5, 5.41) is 3.83. The van der Waals surface area contributed by atoms with E-state index in [4.69, 9.17) is 15.0 Å². The third kappa shape index (κ3) is 2.30. The number of ether oxygens (including phenoxy) is 1.